The lowest BCUT2D eigenvalue weighted by Crippen LogP contribution is -2.52. The number of anilines is 1. The lowest BCUT2D eigenvalue weighted by atomic mass is 9.82. The van der Waals surface area contributed by atoms with E-state index in [-0.39, 0.29) is 42.3 Å². The Kier molecular flexibility index (Phi) is 7.04. The summed E-state index contributed by atoms with van der Waals surface area (Å²) >= 11 is 0. The summed E-state index contributed by atoms with van der Waals surface area (Å²) in [7, 11) is 0.939. The van der Waals surface area contributed by atoms with Gasteiger partial charge in [-0.05, 0) is 48.7 Å². The summed E-state index contributed by atoms with van der Waals surface area (Å²) in [6, 6.07) is 13.6. The summed E-state index contributed by atoms with van der Waals surface area (Å²) in [5.74, 6) is 1.04. The number of amides is 2. The van der Waals surface area contributed by atoms with E-state index >= 15 is 0 Å². The van der Waals surface area contributed by atoms with Crippen molar-refractivity contribution < 1.29 is 28.9 Å². The normalized spacial score (nSPS) is 28.5. The zero-order valence-electron chi connectivity index (χ0n) is 22.8. The van der Waals surface area contributed by atoms with E-state index < -0.39 is 19.8 Å². The maximum Gasteiger partial charge on any atom is 0.261 e. The van der Waals surface area contributed by atoms with E-state index in [4.69, 9.17) is 14.2 Å². The fraction of sp³-hybridized carbons (Fsp3) is 0.517. The van der Waals surface area contributed by atoms with E-state index in [1.807, 2.05) is 30.3 Å². The molecule has 3 heterocycles. The number of nitrogens with one attached hydrogen (secondary N) is 1. The van der Waals surface area contributed by atoms with Gasteiger partial charge in [-0.25, -0.2) is 0 Å². The van der Waals surface area contributed by atoms with Gasteiger partial charge in [0.05, 0.1) is 47.5 Å². The predicted molar refractivity (Wildman–Crippen MR) is 148 cm³/mol. The number of likely N-dealkylation sites (tertiary alicyclic amines) is 1. The molecule has 0 unspecified atom stereocenters. The number of hydrogen-bond donors (Lipinski definition) is 2. The first-order valence-corrected chi connectivity index (χ1v) is 16.5. The molecule has 2 fully saturated rings. The second-order valence-corrected chi connectivity index (χ2v) is 16.0. The predicted octanol–water partition coefficient (Wildman–Crippen LogP) is 3.25. The van der Waals surface area contributed by atoms with Crippen LogP contribution in [-0.4, -0.2) is 69.4 Å². The van der Waals surface area contributed by atoms with E-state index in [2.05, 4.69) is 37.5 Å². The Bertz CT molecular complexity index is 1220. The van der Waals surface area contributed by atoms with E-state index in [0.29, 0.717) is 12.3 Å². The van der Waals surface area contributed by atoms with E-state index in [9.17, 15) is 14.7 Å². The third-order valence-corrected chi connectivity index (χ3v) is 13.4. The minimum Gasteiger partial charge on any atom is -0.497 e. The number of aliphatic hydroxyl groups excluding tert-OH is 1. The van der Waals surface area contributed by atoms with Crippen molar-refractivity contribution in [3.8, 4) is 11.5 Å². The first kappa shape index (κ1) is 26.7. The third-order valence-electron chi connectivity index (χ3n) is 9.08. The Labute approximate surface area is 225 Å². The van der Waals surface area contributed by atoms with E-state index in [1.165, 1.54) is 5.19 Å². The highest BCUT2D eigenvalue weighted by atomic mass is 28.3. The van der Waals surface area contributed by atoms with Crippen LogP contribution in [0.25, 0.3) is 0 Å². The number of rotatable bonds is 7. The van der Waals surface area contributed by atoms with Crippen LogP contribution in [0.1, 0.15) is 31.7 Å². The fourth-order valence-corrected chi connectivity index (χ4v) is 11.1. The molecule has 1 spiro atoms. The van der Waals surface area contributed by atoms with Crippen molar-refractivity contribution >= 4 is 30.8 Å². The highest BCUT2D eigenvalue weighted by Crippen LogP contribution is 2.59. The largest absolute Gasteiger partial charge is 0.497 e. The van der Waals surface area contributed by atoms with Crippen molar-refractivity contribution in [2.24, 2.45) is 5.92 Å². The van der Waals surface area contributed by atoms with E-state index in [1.54, 1.807) is 19.1 Å². The van der Waals surface area contributed by atoms with Crippen LogP contribution < -0.4 is 20.0 Å². The fourth-order valence-electron chi connectivity index (χ4n) is 7.08. The monoisotopic (exact) mass is 538 g/mol. The molecule has 0 bridgehead atoms. The molecule has 2 amide bonds. The Morgan fingerprint density at radius 2 is 1.84 bits per heavy atom. The van der Waals surface area contributed by atoms with Gasteiger partial charge in [-0.3, -0.25) is 9.59 Å². The molecule has 204 valence electrons. The van der Waals surface area contributed by atoms with E-state index in [0.717, 1.165) is 29.8 Å². The Morgan fingerprint density at radius 3 is 2.50 bits per heavy atom. The zero-order chi connectivity index (χ0) is 27.2. The smallest absolute Gasteiger partial charge is 0.261 e. The van der Waals surface area contributed by atoms with Gasteiger partial charge in [0.25, 0.3) is 5.91 Å². The number of carbonyl (C=O) groups excluding carboxylic acids is 2. The number of benzene rings is 2. The quantitative estimate of drug-likeness (QED) is 0.526. The number of hydrogen-bond acceptors (Lipinski definition) is 6. The Morgan fingerprint density at radius 1 is 1.16 bits per heavy atom. The number of nitrogens with zero attached hydrogens (tertiary/aromatic N) is 1. The van der Waals surface area contributed by atoms with Gasteiger partial charge < -0.3 is 29.5 Å². The van der Waals surface area contributed by atoms with Crippen molar-refractivity contribution in [2.45, 2.75) is 62.6 Å². The van der Waals surface area contributed by atoms with Crippen molar-refractivity contribution in [3.05, 3.63) is 48.0 Å². The number of fused-ring (bicyclic) bond motifs is 2. The van der Waals surface area contributed by atoms with Gasteiger partial charge in [0.15, 0.2) is 5.60 Å². The van der Waals surface area contributed by atoms with Crippen LogP contribution in [0.2, 0.25) is 18.6 Å². The molecule has 5 atom stereocenters. The van der Waals surface area contributed by atoms with Gasteiger partial charge in [0, 0.05) is 23.7 Å². The van der Waals surface area contributed by atoms with Gasteiger partial charge in [-0.15, -0.1) is 0 Å². The Hall–Kier alpha value is -2.88. The summed E-state index contributed by atoms with van der Waals surface area (Å²) < 4.78 is 17.7. The summed E-state index contributed by atoms with van der Waals surface area (Å²) in [4.78, 5) is 29.1. The van der Waals surface area contributed by atoms with Gasteiger partial charge >= 0.3 is 0 Å². The number of methoxy groups -OCH3 is 2. The van der Waals surface area contributed by atoms with Crippen LogP contribution in [0.3, 0.4) is 0 Å². The van der Waals surface area contributed by atoms with Crippen LogP contribution in [0, 0.1) is 5.92 Å². The topological polar surface area (TPSA) is 97.3 Å². The average molecular weight is 539 g/mol. The van der Waals surface area contributed by atoms with Crippen molar-refractivity contribution in [2.75, 3.05) is 32.7 Å². The minimum absolute atomic E-state index is 0.0235. The van der Waals surface area contributed by atoms with Gasteiger partial charge in [-0.1, -0.05) is 37.3 Å². The standard InChI is InChI=1S/C29H38N2O6Si/c1-18-27(38(4,5)22-11-8-20(35-2)9-12-22)25(16-26(33)31-14-6-7-19(31)17-32)37-29(18)23-15-21(36-3)10-13-24(23)30-28(29)34/h8-13,15,18-19,25,27,32H,6-7,14,16-17H2,1-5H3,(H,30,34)/t18-,19-,25+,27-,29+/m0/s1. The van der Waals surface area contributed by atoms with Crippen LogP contribution in [-0.2, 0) is 19.9 Å². The van der Waals surface area contributed by atoms with Gasteiger partial charge in [0.1, 0.15) is 11.5 Å². The third kappa shape index (κ3) is 4.11. The van der Waals surface area contributed by atoms with Gasteiger partial charge in [0.2, 0.25) is 5.91 Å². The molecular weight excluding hydrogens is 500 g/mol. The maximum absolute atomic E-state index is 13.7. The van der Waals surface area contributed by atoms with Crippen molar-refractivity contribution in [3.63, 3.8) is 0 Å². The molecule has 8 nitrogen and oxygen atoms in total. The first-order chi connectivity index (χ1) is 18.2. The molecule has 0 aromatic heterocycles. The molecule has 2 N–H and O–H groups in total. The number of carbonyl (C=O) groups is 2. The lowest BCUT2D eigenvalue weighted by Gasteiger charge is -2.37. The second-order valence-electron chi connectivity index (χ2n) is 11.3. The minimum atomic E-state index is -2.32. The zero-order valence-corrected chi connectivity index (χ0v) is 23.8. The molecule has 2 saturated heterocycles. The molecule has 2 aromatic carbocycles. The van der Waals surface area contributed by atoms with Crippen LogP contribution in [0.15, 0.2) is 42.5 Å². The molecule has 0 aliphatic carbocycles. The summed E-state index contributed by atoms with van der Waals surface area (Å²) in [5, 5.41) is 14.1. The number of aliphatic hydroxyl groups is 1. The van der Waals surface area contributed by atoms with Gasteiger partial charge in [-0.2, -0.15) is 0 Å². The lowest BCUT2D eigenvalue weighted by molar-refractivity contribution is -0.148. The first-order valence-electron chi connectivity index (χ1n) is 13.4. The molecule has 3 aliphatic rings. The molecule has 38 heavy (non-hydrogen) atoms. The molecule has 3 aliphatic heterocycles. The van der Waals surface area contributed by atoms with Crippen LogP contribution >= 0.6 is 0 Å². The second kappa shape index (κ2) is 10.0. The van der Waals surface area contributed by atoms with Crippen molar-refractivity contribution in [1.29, 1.82) is 0 Å². The summed E-state index contributed by atoms with van der Waals surface area (Å²) in [5.41, 5.74) is 0.246. The molecule has 0 radical (unpaired) electrons. The average Bonchev–Trinajstić information content (AvgIpc) is 3.59. The molecule has 0 saturated carbocycles. The SMILES string of the molecule is COc1ccc([Si](C)(C)[C@@H]2[C@@H](CC(=O)N3CCC[C@H]3CO)O[C@]3(C(=O)Nc4ccc(OC)cc43)[C@H]2C)cc1. The molecule has 5 rings (SSSR count). The van der Waals surface area contributed by atoms with Crippen LogP contribution in [0.5, 0.6) is 11.5 Å². The van der Waals surface area contributed by atoms with Crippen LogP contribution in [0.4, 0.5) is 5.69 Å². The highest BCUT2D eigenvalue weighted by molar-refractivity contribution is 6.91. The summed E-state index contributed by atoms with van der Waals surface area (Å²) in [6.07, 6.45) is 1.41. The Balaban J connectivity index is 1.57. The summed E-state index contributed by atoms with van der Waals surface area (Å²) in [6.45, 7) is 7.28. The molecule has 2 aromatic rings. The number of ether oxygens (including phenoxy) is 3. The maximum atomic E-state index is 13.7. The highest BCUT2D eigenvalue weighted by Gasteiger charge is 2.65. The molecular formula is C29H38N2O6Si. The van der Waals surface area contributed by atoms with Crippen molar-refractivity contribution in [1.82, 2.24) is 4.90 Å². The molecule has 9 heteroatoms.